The lowest BCUT2D eigenvalue weighted by molar-refractivity contribution is -0.832. The Morgan fingerprint density at radius 3 is 1.97 bits per heavy atom. The fourth-order valence-electron chi connectivity index (χ4n) is 7.16. The van der Waals surface area contributed by atoms with Crippen molar-refractivity contribution in [2.75, 3.05) is 13.7 Å². The molecule has 18 nitrogen and oxygen atoms in total. The number of methoxy groups -OCH3 is 1. The highest BCUT2D eigenvalue weighted by molar-refractivity contribution is 7.91. The third-order valence-electron chi connectivity index (χ3n) is 10.2. The van der Waals surface area contributed by atoms with Gasteiger partial charge in [-0.25, -0.2) is 18.0 Å². The van der Waals surface area contributed by atoms with Gasteiger partial charge < -0.3 is 40.1 Å². The monoisotopic (exact) mass is 911 g/mol. The van der Waals surface area contributed by atoms with Crippen LogP contribution in [0.3, 0.4) is 0 Å². The summed E-state index contributed by atoms with van der Waals surface area (Å²) in [4.78, 5) is 67.0. The summed E-state index contributed by atoms with van der Waals surface area (Å²) in [6, 6.07) is 24.3. The summed E-state index contributed by atoms with van der Waals surface area (Å²) in [6.07, 6.45) is -1.86. The number of fused-ring (bicyclic) bond motifs is 3. The Kier molecular flexibility index (Phi) is 14.6. The van der Waals surface area contributed by atoms with Crippen LogP contribution in [0.5, 0.6) is 11.6 Å². The minimum absolute atomic E-state index is 0.0208. The van der Waals surface area contributed by atoms with Gasteiger partial charge in [0.15, 0.2) is 0 Å². The van der Waals surface area contributed by atoms with E-state index in [1.54, 1.807) is 40.7 Å². The van der Waals surface area contributed by atoms with Crippen molar-refractivity contribution in [2.45, 2.75) is 87.0 Å². The van der Waals surface area contributed by atoms with Crippen LogP contribution < -0.4 is 25.6 Å². The van der Waals surface area contributed by atoms with E-state index < -0.39 is 86.7 Å². The molecule has 0 bridgehead atoms. The van der Waals surface area contributed by atoms with E-state index in [0.717, 1.165) is 22.3 Å². The van der Waals surface area contributed by atoms with Crippen LogP contribution in [0.4, 0.5) is 4.79 Å². The fourth-order valence-corrected chi connectivity index (χ4v) is 8.43. The van der Waals surface area contributed by atoms with Crippen molar-refractivity contribution in [2.24, 2.45) is 5.92 Å². The fraction of sp³-hybridized carbons (Fsp3) is 0.326. The second-order valence-corrected chi connectivity index (χ2v) is 18.3. The standard InChI is InChI=1S/C46H49N5O13S/c1-27(2)39(44(55)60-6)49-41(54)36(24-28-20-22-29(23-21-28)62-42-43(51(57)64-50-42)65(58,59)30-14-8-7-9-15-30)47-40(53)37(25-38(52)63-46(3,4)5)48-45(56)61-26-35-33-18-12-10-16-31(33)32-17-11-13-19-34(32)35/h7-23,27,35-37,39H,24-26H2,1-6H3,(H,47,53)(H,48,56)(H,49,54)/t36-,37-,39-/m0/s1. The van der Waals surface area contributed by atoms with Crippen LogP contribution >= 0.6 is 0 Å². The normalized spacial score (nSPS) is 13.6. The number of alkyl carbamates (subject to hydrolysis) is 1. The van der Waals surface area contributed by atoms with Gasteiger partial charge >= 0.3 is 28.9 Å². The molecular formula is C46H49N5O13S. The number of nitrogens with zero attached hydrogens (tertiary/aromatic N) is 2. The summed E-state index contributed by atoms with van der Waals surface area (Å²) in [5.41, 5.74) is 3.40. The Morgan fingerprint density at radius 1 is 0.800 bits per heavy atom. The first-order valence-corrected chi connectivity index (χ1v) is 22.0. The maximum Gasteiger partial charge on any atom is 0.420 e. The lowest BCUT2D eigenvalue weighted by Crippen LogP contribution is -2.57. The molecule has 1 aliphatic rings. The number of hydrogen-bond donors (Lipinski definition) is 3. The van der Waals surface area contributed by atoms with Crippen LogP contribution in [-0.4, -0.2) is 80.9 Å². The van der Waals surface area contributed by atoms with Crippen molar-refractivity contribution >= 4 is 39.7 Å². The average Bonchev–Trinajstić information content (AvgIpc) is 3.80. The number of hydrogen-bond acceptors (Lipinski definition) is 14. The van der Waals surface area contributed by atoms with E-state index in [2.05, 4.69) is 25.7 Å². The smallest absolute Gasteiger partial charge is 0.420 e. The summed E-state index contributed by atoms with van der Waals surface area (Å²) in [5.74, 6) is -4.67. The van der Waals surface area contributed by atoms with Gasteiger partial charge in [0.2, 0.25) is 11.8 Å². The largest absolute Gasteiger partial charge is 0.467 e. The molecule has 1 aliphatic carbocycles. The van der Waals surface area contributed by atoms with Gasteiger partial charge in [-0.2, -0.15) is 0 Å². The molecule has 3 atom stereocenters. The lowest BCUT2D eigenvalue weighted by atomic mass is 9.98. The summed E-state index contributed by atoms with van der Waals surface area (Å²) in [5, 5.41) is 22.8. The first-order chi connectivity index (χ1) is 30.9. The van der Waals surface area contributed by atoms with Crippen LogP contribution in [-0.2, 0) is 49.6 Å². The second kappa shape index (κ2) is 20.0. The number of esters is 2. The van der Waals surface area contributed by atoms with E-state index in [1.807, 2.05) is 48.5 Å². The van der Waals surface area contributed by atoms with Crippen LogP contribution in [0.1, 0.15) is 63.6 Å². The minimum Gasteiger partial charge on any atom is -0.467 e. The summed E-state index contributed by atoms with van der Waals surface area (Å²) < 4.78 is 52.8. The first-order valence-electron chi connectivity index (χ1n) is 20.5. The Labute approximate surface area is 375 Å². The average molecular weight is 912 g/mol. The third kappa shape index (κ3) is 11.5. The van der Waals surface area contributed by atoms with E-state index in [0.29, 0.717) is 5.56 Å². The summed E-state index contributed by atoms with van der Waals surface area (Å²) in [7, 11) is -3.25. The molecule has 65 heavy (non-hydrogen) atoms. The highest BCUT2D eigenvalue weighted by Crippen LogP contribution is 2.44. The third-order valence-corrected chi connectivity index (χ3v) is 12.0. The van der Waals surface area contributed by atoms with Gasteiger partial charge in [-0.1, -0.05) is 92.7 Å². The molecular weight excluding hydrogens is 863 g/mol. The zero-order valence-electron chi connectivity index (χ0n) is 36.4. The highest BCUT2D eigenvalue weighted by atomic mass is 32.2. The van der Waals surface area contributed by atoms with Crippen molar-refractivity contribution in [3.05, 3.63) is 125 Å². The summed E-state index contributed by atoms with van der Waals surface area (Å²) in [6.45, 7) is 8.19. The quantitative estimate of drug-likeness (QED) is 0.0638. The van der Waals surface area contributed by atoms with Gasteiger partial charge in [-0.15, -0.1) is 0 Å². The van der Waals surface area contributed by atoms with Gasteiger partial charge in [0, 0.05) is 12.3 Å². The van der Waals surface area contributed by atoms with E-state index in [-0.39, 0.29) is 34.5 Å². The molecule has 0 radical (unpaired) electrons. The van der Waals surface area contributed by atoms with Crippen molar-refractivity contribution in [1.82, 2.24) is 21.1 Å². The molecule has 3 N–H and O–H groups in total. The Hall–Kier alpha value is -7.28. The predicted molar refractivity (Wildman–Crippen MR) is 231 cm³/mol. The number of benzene rings is 4. The number of ether oxygens (including phenoxy) is 4. The van der Waals surface area contributed by atoms with Gasteiger partial charge in [0.1, 0.15) is 36.1 Å². The Morgan fingerprint density at radius 2 is 1.38 bits per heavy atom. The van der Waals surface area contributed by atoms with Crippen LogP contribution in [0.15, 0.2) is 118 Å². The Balaban J connectivity index is 1.22. The predicted octanol–water partition coefficient (Wildman–Crippen LogP) is 4.91. The molecule has 6 rings (SSSR count). The van der Waals surface area contributed by atoms with E-state index in [4.69, 9.17) is 18.9 Å². The number of aromatic nitrogens is 2. The molecule has 0 fully saturated rings. The molecule has 342 valence electrons. The number of carbonyl (C=O) groups is 5. The van der Waals surface area contributed by atoms with Crippen molar-refractivity contribution < 1.29 is 60.9 Å². The lowest BCUT2D eigenvalue weighted by Gasteiger charge is -2.26. The molecule has 0 spiro atoms. The highest BCUT2D eigenvalue weighted by Gasteiger charge is 2.37. The maximum atomic E-state index is 14.2. The SMILES string of the molecule is COC(=O)[C@@H](NC(=O)[C@H](Cc1ccc(Oc2no[n+]([O-])c2S(=O)(=O)c2ccccc2)cc1)NC(=O)[C@H](CC(=O)OC(C)(C)C)NC(=O)OCC1c2ccccc2-c2ccccc21)C(C)C. The van der Waals surface area contributed by atoms with Crippen molar-refractivity contribution in [3.63, 3.8) is 0 Å². The van der Waals surface area contributed by atoms with E-state index in [1.165, 1.54) is 55.6 Å². The molecule has 1 aromatic heterocycles. The van der Waals surface area contributed by atoms with Gasteiger partial charge in [-0.05, 0) is 83.7 Å². The van der Waals surface area contributed by atoms with E-state index in [9.17, 15) is 37.6 Å². The molecule has 0 unspecified atom stereocenters. The minimum atomic E-state index is -4.42. The van der Waals surface area contributed by atoms with Gasteiger partial charge in [-0.3, -0.25) is 19.0 Å². The molecule has 0 aliphatic heterocycles. The maximum absolute atomic E-state index is 14.2. The van der Waals surface area contributed by atoms with Gasteiger partial charge in [0.05, 0.1) is 23.6 Å². The van der Waals surface area contributed by atoms with Crippen LogP contribution in [0, 0.1) is 11.1 Å². The molecule has 3 amide bonds. The molecule has 19 heteroatoms. The number of sulfone groups is 1. The van der Waals surface area contributed by atoms with Crippen LogP contribution in [0.2, 0.25) is 0 Å². The number of rotatable bonds is 17. The second-order valence-electron chi connectivity index (χ2n) is 16.4. The zero-order valence-corrected chi connectivity index (χ0v) is 37.2. The molecule has 0 saturated heterocycles. The number of nitrogens with one attached hydrogen (secondary N) is 3. The van der Waals surface area contributed by atoms with Crippen molar-refractivity contribution in [3.8, 4) is 22.8 Å². The number of carbonyl (C=O) groups excluding carboxylic acids is 5. The molecule has 1 heterocycles. The molecule has 5 aromatic rings. The summed E-state index contributed by atoms with van der Waals surface area (Å²) >= 11 is 0. The topological polar surface area (TPSA) is 245 Å². The van der Waals surface area contributed by atoms with Gasteiger partial charge in [0.25, 0.3) is 9.84 Å². The van der Waals surface area contributed by atoms with E-state index >= 15 is 0 Å². The van der Waals surface area contributed by atoms with Crippen LogP contribution in [0.25, 0.3) is 11.1 Å². The Bertz CT molecular complexity index is 2600. The molecule has 4 aromatic carbocycles. The van der Waals surface area contributed by atoms with Crippen molar-refractivity contribution in [1.29, 1.82) is 0 Å². The number of amides is 3. The molecule has 0 saturated carbocycles. The zero-order chi connectivity index (χ0) is 47.1. The first kappa shape index (κ1) is 47.2.